The molecule has 0 spiro atoms. The van der Waals surface area contributed by atoms with Crippen LogP contribution in [0.3, 0.4) is 0 Å². The Morgan fingerprint density at radius 1 is 0.771 bits per heavy atom. The van der Waals surface area contributed by atoms with Gasteiger partial charge < -0.3 is 33.9 Å². The van der Waals surface area contributed by atoms with Crippen LogP contribution in [0.4, 0.5) is 0 Å². The molecular formula is C24H22O11. The van der Waals surface area contributed by atoms with Gasteiger partial charge in [-0.25, -0.2) is 14.4 Å². The zero-order valence-corrected chi connectivity index (χ0v) is 18.9. The number of aliphatic carboxylic acids is 3. The maximum absolute atomic E-state index is 13.4. The van der Waals surface area contributed by atoms with Crippen LogP contribution in [-0.2, 0) is 14.4 Å². The Morgan fingerprint density at radius 3 is 1.83 bits per heavy atom. The summed E-state index contributed by atoms with van der Waals surface area (Å²) in [6.45, 7) is 3.95. The van der Waals surface area contributed by atoms with Crippen molar-refractivity contribution < 1.29 is 48.3 Å². The summed E-state index contributed by atoms with van der Waals surface area (Å²) in [5, 5.41) is 27.2. The second kappa shape index (κ2) is 10.2. The van der Waals surface area contributed by atoms with Gasteiger partial charge >= 0.3 is 17.9 Å². The molecule has 0 aliphatic heterocycles. The fourth-order valence-corrected chi connectivity index (χ4v) is 3.02. The Kier molecular flexibility index (Phi) is 7.28. The molecule has 0 bridgehead atoms. The van der Waals surface area contributed by atoms with Gasteiger partial charge in [-0.15, -0.1) is 0 Å². The van der Waals surface area contributed by atoms with Crippen LogP contribution in [0.5, 0.6) is 17.2 Å². The van der Waals surface area contributed by atoms with E-state index in [9.17, 15) is 24.3 Å². The van der Waals surface area contributed by atoms with E-state index in [-0.39, 0.29) is 33.8 Å². The molecule has 11 heteroatoms. The number of carboxylic acids is 3. The average molecular weight is 486 g/mol. The zero-order valence-electron chi connectivity index (χ0n) is 18.9. The Labute approximate surface area is 198 Å². The topological polar surface area (TPSA) is 170 Å². The fourth-order valence-electron chi connectivity index (χ4n) is 3.02. The number of hydrogen-bond donors (Lipinski definition) is 3. The normalized spacial score (nSPS) is 13.5. The van der Waals surface area contributed by atoms with Crippen molar-refractivity contribution in [2.45, 2.75) is 39.1 Å². The summed E-state index contributed by atoms with van der Waals surface area (Å²) in [4.78, 5) is 46.8. The molecule has 0 aliphatic carbocycles. The van der Waals surface area contributed by atoms with Gasteiger partial charge in [-0.2, -0.15) is 0 Å². The summed E-state index contributed by atoms with van der Waals surface area (Å²) in [7, 11) is 0. The van der Waals surface area contributed by atoms with E-state index in [1.807, 2.05) is 0 Å². The third kappa shape index (κ3) is 5.69. The summed E-state index contributed by atoms with van der Waals surface area (Å²) in [6, 6.07) is 8.59. The quantitative estimate of drug-likeness (QED) is 0.385. The molecule has 184 valence electrons. The Bertz CT molecular complexity index is 1320. The van der Waals surface area contributed by atoms with E-state index in [1.165, 1.54) is 63.4 Å². The van der Waals surface area contributed by atoms with Gasteiger partial charge in [0.25, 0.3) is 0 Å². The highest BCUT2D eigenvalue weighted by Gasteiger charge is 2.22. The first-order valence-corrected chi connectivity index (χ1v) is 10.4. The summed E-state index contributed by atoms with van der Waals surface area (Å²) in [6.07, 6.45) is -2.44. The molecule has 0 fully saturated rings. The third-order valence-corrected chi connectivity index (χ3v) is 4.95. The van der Waals surface area contributed by atoms with Crippen molar-refractivity contribution in [2.75, 3.05) is 0 Å². The lowest BCUT2D eigenvalue weighted by Gasteiger charge is -2.16. The number of benzene rings is 2. The molecule has 3 rings (SSSR count). The molecule has 0 radical (unpaired) electrons. The number of carbonyl (C=O) groups is 3. The maximum Gasteiger partial charge on any atom is 0.344 e. The molecule has 2 aromatic carbocycles. The van der Waals surface area contributed by atoms with Gasteiger partial charge in [0, 0.05) is 12.1 Å². The molecule has 0 aliphatic rings. The van der Waals surface area contributed by atoms with Gasteiger partial charge in [0.15, 0.2) is 18.3 Å². The molecule has 1 heterocycles. The highest BCUT2D eigenvalue weighted by Crippen LogP contribution is 2.33. The van der Waals surface area contributed by atoms with Crippen molar-refractivity contribution in [1.29, 1.82) is 0 Å². The first-order valence-electron chi connectivity index (χ1n) is 10.4. The Balaban J connectivity index is 2.08. The molecule has 1 aromatic heterocycles. The second-order valence-electron chi connectivity index (χ2n) is 7.59. The first-order chi connectivity index (χ1) is 16.5. The Morgan fingerprint density at radius 2 is 1.29 bits per heavy atom. The van der Waals surface area contributed by atoms with Crippen molar-refractivity contribution >= 4 is 28.9 Å². The van der Waals surface area contributed by atoms with Crippen molar-refractivity contribution in [1.82, 2.24) is 0 Å². The van der Waals surface area contributed by atoms with Crippen LogP contribution >= 0.6 is 0 Å². The van der Waals surface area contributed by atoms with Crippen molar-refractivity contribution in [2.24, 2.45) is 0 Å². The lowest BCUT2D eigenvalue weighted by Crippen LogP contribution is -2.24. The third-order valence-electron chi connectivity index (χ3n) is 4.95. The largest absolute Gasteiger partial charge is 0.479 e. The smallest absolute Gasteiger partial charge is 0.344 e. The van der Waals surface area contributed by atoms with Gasteiger partial charge in [-0.05, 0) is 38.5 Å². The minimum Gasteiger partial charge on any atom is -0.479 e. The van der Waals surface area contributed by atoms with Gasteiger partial charge in [0.2, 0.25) is 5.43 Å². The number of fused-ring (bicyclic) bond motifs is 1. The molecule has 0 amide bonds. The van der Waals surface area contributed by atoms with Crippen LogP contribution < -0.4 is 19.6 Å². The van der Waals surface area contributed by atoms with Crippen LogP contribution in [-0.4, -0.2) is 51.5 Å². The summed E-state index contributed by atoms with van der Waals surface area (Å²) >= 11 is 0. The van der Waals surface area contributed by atoms with E-state index in [1.54, 1.807) is 0 Å². The molecule has 35 heavy (non-hydrogen) atoms. The van der Waals surface area contributed by atoms with E-state index in [4.69, 9.17) is 28.8 Å². The lowest BCUT2D eigenvalue weighted by atomic mass is 10.0. The molecule has 0 saturated heterocycles. The summed E-state index contributed by atoms with van der Waals surface area (Å²) < 4.78 is 21.7. The highest BCUT2D eigenvalue weighted by molar-refractivity contribution is 5.89. The van der Waals surface area contributed by atoms with E-state index in [0.29, 0.717) is 5.56 Å². The first kappa shape index (κ1) is 25.1. The highest BCUT2D eigenvalue weighted by atomic mass is 16.5. The van der Waals surface area contributed by atoms with E-state index < -0.39 is 41.6 Å². The van der Waals surface area contributed by atoms with Gasteiger partial charge in [0.05, 0.1) is 5.56 Å². The Hall–Kier alpha value is -4.54. The van der Waals surface area contributed by atoms with Gasteiger partial charge in [0.1, 0.15) is 34.5 Å². The van der Waals surface area contributed by atoms with E-state index >= 15 is 0 Å². The average Bonchev–Trinajstić information content (AvgIpc) is 2.79. The van der Waals surface area contributed by atoms with Crippen LogP contribution in [0.2, 0.25) is 0 Å². The van der Waals surface area contributed by atoms with Crippen LogP contribution in [0.15, 0.2) is 51.9 Å². The number of ether oxygens (including phenoxy) is 3. The van der Waals surface area contributed by atoms with E-state index in [0.717, 1.165) is 0 Å². The number of hydrogen-bond acceptors (Lipinski definition) is 8. The molecule has 3 atom stereocenters. The van der Waals surface area contributed by atoms with Crippen LogP contribution in [0.1, 0.15) is 20.8 Å². The zero-order chi connectivity index (χ0) is 25.9. The minimum absolute atomic E-state index is 0.00309. The SMILES string of the molecule is C[C@H](Oc1ccc(-c2coc3cc(O[C@@H](C)C(=O)O)cc(O[C@H](C)C(=O)O)c3c2=O)cc1)C(=O)O. The van der Waals surface area contributed by atoms with Crippen molar-refractivity contribution in [3.05, 3.63) is 52.9 Å². The molecule has 0 saturated carbocycles. The standard InChI is InChI=1S/C24H22O11/c1-11(22(26)27)33-15-6-4-14(5-7-15)17-10-32-18-8-16(34-12(2)23(28)29)9-19(20(18)21(17)25)35-13(3)24(30)31/h4-13H,1-3H3,(H,26,27)(H,28,29)(H,30,31)/t11-,12-,13+/m0/s1. The second-order valence-corrected chi connectivity index (χ2v) is 7.59. The number of carboxylic acid groups (broad SMARTS) is 3. The maximum atomic E-state index is 13.4. The predicted molar refractivity (Wildman–Crippen MR) is 121 cm³/mol. The van der Waals surface area contributed by atoms with Crippen LogP contribution in [0.25, 0.3) is 22.1 Å². The monoisotopic (exact) mass is 486 g/mol. The van der Waals surface area contributed by atoms with Crippen molar-refractivity contribution in [3.8, 4) is 28.4 Å². The summed E-state index contributed by atoms with van der Waals surface area (Å²) in [5.74, 6) is -3.51. The van der Waals surface area contributed by atoms with Crippen molar-refractivity contribution in [3.63, 3.8) is 0 Å². The molecule has 0 unspecified atom stereocenters. The van der Waals surface area contributed by atoms with Gasteiger partial charge in [-0.1, -0.05) is 12.1 Å². The predicted octanol–water partition coefficient (Wildman–Crippen LogP) is 3.02. The fraction of sp³-hybridized carbons (Fsp3) is 0.250. The molecule has 11 nitrogen and oxygen atoms in total. The molecule has 3 N–H and O–H groups in total. The summed E-state index contributed by atoms with van der Waals surface area (Å²) in [5.41, 5.74) is 0.00433. The molecular weight excluding hydrogens is 464 g/mol. The molecule has 3 aromatic rings. The number of rotatable bonds is 10. The van der Waals surface area contributed by atoms with Crippen LogP contribution in [0, 0.1) is 0 Å². The van der Waals surface area contributed by atoms with E-state index in [2.05, 4.69) is 0 Å². The lowest BCUT2D eigenvalue weighted by molar-refractivity contribution is -0.145. The minimum atomic E-state index is -1.33. The van der Waals surface area contributed by atoms with Gasteiger partial charge in [-0.3, -0.25) is 4.79 Å².